The van der Waals surface area contributed by atoms with E-state index in [4.69, 9.17) is 11.6 Å². The molecule has 0 fully saturated rings. The van der Waals surface area contributed by atoms with Gasteiger partial charge in [-0.25, -0.2) is 0 Å². The van der Waals surface area contributed by atoms with Crippen molar-refractivity contribution < 1.29 is 10.0 Å². The fourth-order valence-electron chi connectivity index (χ4n) is 2.53. The molecule has 0 atom stereocenters. The highest BCUT2D eigenvalue weighted by atomic mass is 35.5. The molecular weight excluding hydrogens is 330 g/mol. The number of para-hydroxylation sites is 1. The molecule has 122 valence electrons. The number of aromatic nitrogens is 1. The molecule has 0 saturated heterocycles. The summed E-state index contributed by atoms with van der Waals surface area (Å²) in [6.07, 6.45) is 4.06. The molecule has 1 aromatic heterocycles. The van der Waals surface area contributed by atoms with Crippen molar-refractivity contribution in [3.63, 3.8) is 0 Å². The van der Waals surface area contributed by atoms with Gasteiger partial charge in [-0.15, -0.1) is 0 Å². The number of nitrogens with zero attached hydrogens (tertiary/aromatic N) is 2. The third kappa shape index (κ3) is 3.23. The highest BCUT2D eigenvalue weighted by molar-refractivity contribution is 6.31. The molecule has 0 saturated carbocycles. The first-order chi connectivity index (χ1) is 11.6. The van der Waals surface area contributed by atoms with Gasteiger partial charge in [-0.05, 0) is 24.1 Å². The van der Waals surface area contributed by atoms with Gasteiger partial charge in [0.25, 0.3) is 0 Å². The van der Waals surface area contributed by atoms with Crippen LogP contribution in [0.15, 0.2) is 47.6 Å². The summed E-state index contributed by atoms with van der Waals surface area (Å²) in [4.78, 5) is 17.6. The number of aliphatic imine (C=N–C) groups is 1. The summed E-state index contributed by atoms with van der Waals surface area (Å²) in [7, 11) is 0. The zero-order valence-electron chi connectivity index (χ0n) is 12.6. The van der Waals surface area contributed by atoms with Crippen LogP contribution in [0.2, 0.25) is 5.02 Å². The first-order valence-corrected chi connectivity index (χ1v) is 7.66. The minimum absolute atomic E-state index is 0.178. The van der Waals surface area contributed by atoms with Crippen LogP contribution in [0.3, 0.4) is 0 Å². The Morgan fingerprint density at radius 2 is 2.12 bits per heavy atom. The van der Waals surface area contributed by atoms with Crippen molar-refractivity contribution in [3.05, 3.63) is 68.9 Å². The molecule has 0 aliphatic heterocycles. The van der Waals surface area contributed by atoms with Gasteiger partial charge in [0.2, 0.25) is 5.75 Å². The van der Waals surface area contributed by atoms with Crippen molar-refractivity contribution in [2.45, 2.75) is 6.42 Å². The van der Waals surface area contributed by atoms with E-state index in [1.807, 2.05) is 30.5 Å². The van der Waals surface area contributed by atoms with Gasteiger partial charge in [-0.3, -0.25) is 15.1 Å². The molecule has 0 radical (unpaired) electrons. The van der Waals surface area contributed by atoms with Crippen LogP contribution >= 0.6 is 11.6 Å². The number of nitro groups is 1. The van der Waals surface area contributed by atoms with Crippen molar-refractivity contribution in [1.82, 2.24) is 4.98 Å². The monoisotopic (exact) mass is 343 g/mol. The summed E-state index contributed by atoms with van der Waals surface area (Å²) in [5.41, 5.74) is 2.01. The van der Waals surface area contributed by atoms with Crippen molar-refractivity contribution >= 4 is 34.4 Å². The summed E-state index contributed by atoms with van der Waals surface area (Å²) >= 11 is 5.84. The molecule has 0 aliphatic rings. The van der Waals surface area contributed by atoms with Crippen molar-refractivity contribution in [1.29, 1.82) is 0 Å². The number of hydrogen-bond donors (Lipinski definition) is 2. The number of hydrogen-bond acceptors (Lipinski definition) is 4. The molecule has 6 nitrogen and oxygen atoms in total. The van der Waals surface area contributed by atoms with Gasteiger partial charge in [0.15, 0.2) is 0 Å². The molecule has 0 bridgehead atoms. The molecule has 3 aromatic rings. The first kappa shape index (κ1) is 16.0. The standard InChI is InChI=1S/C17H14ClN3O3/c18-13-7-12(17(22)16(8-13)21(23)24)9-19-6-5-11-10-20-15-4-2-1-3-14(11)15/h1-4,7-10,20,22H,5-6H2. The second-order valence-electron chi connectivity index (χ2n) is 5.26. The maximum absolute atomic E-state index is 10.9. The Hall–Kier alpha value is -2.86. The zero-order valence-corrected chi connectivity index (χ0v) is 13.3. The molecule has 0 aliphatic carbocycles. The second-order valence-corrected chi connectivity index (χ2v) is 5.70. The fraction of sp³-hybridized carbons (Fsp3) is 0.118. The summed E-state index contributed by atoms with van der Waals surface area (Å²) < 4.78 is 0. The van der Waals surface area contributed by atoms with Gasteiger partial charge in [-0.1, -0.05) is 29.8 Å². The molecular formula is C17H14ClN3O3. The highest BCUT2D eigenvalue weighted by Gasteiger charge is 2.17. The Morgan fingerprint density at radius 3 is 2.92 bits per heavy atom. The van der Waals surface area contributed by atoms with E-state index in [0.29, 0.717) is 13.0 Å². The van der Waals surface area contributed by atoms with E-state index in [9.17, 15) is 15.2 Å². The van der Waals surface area contributed by atoms with Crippen molar-refractivity contribution in [2.24, 2.45) is 4.99 Å². The number of fused-ring (bicyclic) bond motifs is 1. The number of aromatic hydroxyl groups is 1. The second kappa shape index (κ2) is 6.72. The fourth-order valence-corrected chi connectivity index (χ4v) is 2.75. The maximum Gasteiger partial charge on any atom is 0.312 e. The van der Waals surface area contributed by atoms with E-state index in [-0.39, 0.29) is 10.6 Å². The van der Waals surface area contributed by atoms with E-state index in [0.717, 1.165) is 22.5 Å². The number of nitrogens with one attached hydrogen (secondary N) is 1. The van der Waals surface area contributed by atoms with Crippen molar-refractivity contribution in [3.8, 4) is 5.75 Å². The van der Waals surface area contributed by atoms with E-state index < -0.39 is 16.4 Å². The largest absolute Gasteiger partial charge is 0.502 e. The smallest absolute Gasteiger partial charge is 0.312 e. The summed E-state index contributed by atoms with van der Waals surface area (Å²) in [5.74, 6) is -0.430. The Bertz CT molecular complexity index is 934. The van der Waals surface area contributed by atoms with Crippen LogP contribution in [0.25, 0.3) is 10.9 Å². The van der Waals surface area contributed by atoms with Crippen molar-refractivity contribution in [2.75, 3.05) is 6.54 Å². The average molecular weight is 344 g/mol. The van der Waals surface area contributed by atoms with Crippen LogP contribution in [0.5, 0.6) is 5.75 Å². The molecule has 3 rings (SSSR count). The van der Waals surface area contributed by atoms with Gasteiger partial charge in [0.1, 0.15) is 0 Å². The van der Waals surface area contributed by atoms with Gasteiger partial charge in [0, 0.05) is 46.5 Å². The maximum atomic E-state index is 10.9. The van der Waals surface area contributed by atoms with Crippen LogP contribution in [0.1, 0.15) is 11.1 Å². The third-order valence-electron chi connectivity index (χ3n) is 3.70. The number of H-pyrrole nitrogens is 1. The minimum atomic E-state index is -0.676. The summed E-state index contributed by atoms with van der Waals surface area (Å²) in [6, 6.07) is 10.5. The number of phenolic OH excluding ortho intramolecular Hbond substituents is 1. The minimum Gasteiger partial charge on any atom is -0.502 e. The predicted molar refractivity (Wildman–Crippen MR) is 94.2 cm³/mol. The molecule has 0 unspecified atom stereocenters. The number of phenols is 1. The van der Waals surface area contributed by atoms with Gasteiger partial charge < -0.3 is 10.1 Å². The van der Waals surface area contributed by atoms with Gasteiger partial charge in [-0.2, -0.15) is 0 Å². The SMILES string of the molecule is O=[N+]([O-])c1cc(Cl)cc(C=NCCc2c[nH]c3ccccc23)c1O. The lowest BCUT2D eigenvalue weighted by Gasteiger charge is -2.01. The summed E-state index contributed by atoms with van der Waals surface area (Å²) in [6.45, 7) is 0.488. The lowest BCUT2D eigenvalue weighted by atomic mass is 10.1. The average Bonchev–Trinajstić information content (AvgIpc) is 2.97. The Balaban J connectivity index is 1.74. The lowest BCUT2D eigenvalue weighted by Crippen LogP contribution is -1.94. The molecule has 0 spiro atoms. The van der Waals surface area contributed by atoms with Crippen LogP contribution in [0, 0.1) is 10.1 Å². The van der Waals surface area contributed by atoms with E-state index in [2.05, 4.69) is 9.98 Å². The Labute approximate surface area is 142 Å². The quantitative estimate of drug-likeness (QED) is 0.415. The van der Waals surface area contributed by atoms with Gasteiger partial charge in [0.05, 0.1) is 4.92 Å². The number of benzene rings is 2. The van der Waals surface area contributed by atoms with E-state index in [1.54, 1.807) is 0 Å². The molecule has 2 N–H and O–H groups in total. The Kier molecular flexibility index (Phi) is 4.48. The number of rotatable bonds is 5. The number of nitro benzene ring substituents is 1. The van der Waals surface area contributed by atoms with E-state index in [1.165, 1.54) is 12.3 Å². The van der Waals surface area contributed by atoms with Gasteiger partial charge >= 0.3 is 5.69 Å². The molecule has 2 aromatic carbocycles. The highest BCUT2D eigenvalue weighted by Crippen LogP contribution is 2.32. The molecule has 1 heterocycles. The van der Waals surface area contributed by atoms with E-state index >= 15 is 0 Å². The predicted octanol–water partition coefficient (Wildman–Crippen LogP) is 4.10. The van der Waals surface area contributed by atoms with Crippen LogP contribution < -0.4 is 0 Å². The first-order valence-electron chi connectivity index (χ1n) is 7.28. The molecule has 24 heavy (non-hydrogen) atoms. The Morgan fingerprint density at radius 1 is 1.33 bits per heavy atom. The number of halogens is 1. The van der Waals surface area contributed by atoms with Crippen LogP contribution in [0.4, 0.5) is 5.69 Å². The lowest BCUT2D eigenvalue weighted by molar-refractivity contribution is -0.385. The number of aromatic amines is 1. The zero-order chi connectivity index (χ0) is 17.1. The van der Waals surface area contributed by atoms with Crippen LogP contribution in [-0.2, 0) is 6.42 Å². The topological polar surface area (TPSA) is 91.5 Å². The molecule has 7 heteroatoms. The normalized spacial score (nSPS) is 11.4. The van der Waals surface area contributed by atoms with Crippen LogP contribution in [-0.4, -0.2) is 27.8 Å². The summed E-state index contributed by atoms with van der Waals surface area (Å²) in [5, 5.41) is 22.1. The third-order valence-corrected chi connectivity index (χ3v) is 3.91. The molecule has 0 amide bonds.